The maximum Gasteiger partial charge on any atom is 0.197 e. The zero-order chi connectivity index (χ0) is 13.9. The molecule has 0 bridgehead atoms. The number of nitrogens with zero attached hydrogens (tertiary/aromatic N) is 3. The van der Waals surface area contributed by atoms with Crippen LogP contribution in [0.5, 0.6) is 11.5 Å². The van der Waals surface area contributed by atoms with Crippen LogP contribution in [0.25, 0.3) is 22.7 Å². The monoisotopic (exact) mass is 266 g/mol. The van der Waals surface area contributed by atoms with E-state index in [0.29, 0.717) is 28.4 Å². The van der Waals surface area contributed by atoms with Crippen molar-refractivity contribution in [3.8, 4) is 35.2 Å². The van der Waals surface area contributed by atoms with Gasteiger partial charge in [-0.3, -0.25) is 0 Å². The number of hydrogen-bond donors (Lipinski definition) is 2. The Labute approximate surface area is 114 Å². The predicted octanol–water partition coefficient (Wildman–Crippen LogP) is 1.74. The van der Waals surface area contributed by atoms with E-state index in [-0.39, 0.29) is 12.4 Å². The van der Waals surface area contributed by atoms with Crippen molar-refractivity contribution in [2.75, 3.05) is 6.61 Å². The number of hydrogen-bond acceptors (Lipinski definition) is 5. The molecule has 0 amide bonds. The summed E-state index contributed by atoms with van der Waals surface area (Å²) in [6, 6.07) is 4.89. The van der Waals surface area contributed by atoms with Gasteiger partial charge in [-0.2, -0.15) is 0 Å². The molecule has 2 aromatic heterocycles. The minimum Gasteiger partial charge on any atom is -0.507 e. The summed E-state index contributed by atoms with van der Waals surface area (Å²) in [7, 11) is 0. The van der Waals surface area contributed by atoms with Crippen LogP contribution in [-0.4, -0.2) is 31.6 Å². The van der Waals surface area contributed by atoms with E-state index < -0.39 is 0 Å². The topological polar surface area (TPSA) is 83.9 Å². The molecule has 0 unspecified atom stereocenters. The molecule has 0 aliphatic rings. The van der Waals surface area contributed by atoms with Gasteiger partial charge < -0.3 is 14.8 Å². The molecule has 6 nitrogen and oxygen atoms in total. The lowest BCUT2D eigenvalue weighted by Crippen LogP contribution is -1.93. The summed E-state index contributed by atoms with van der Waals surface area (Å²) >= 11 is 0. The number of rotatable bonds is 3. The fraction of sp³-hybridized carbons (Fsp3) is 0.0714. The fourth-order valence-electron chi connectivity index (χ4n) is 1.80. The second-order valence-electron chi connectivity index (χ2n) is 3.99. The molecule has 0 radical (unpaired) electrons. The van der Waals surface area contributed by atoms with E-state index in [0.717, 1.165) is 0 Å². The molecule has 0 aliphatic carbocycles. The first-order chi connectivity index (χ1) is 9.78. The molecule has 1 aromatic carbocycles. The number of ether oxygens (including phenoxy) is 1. The van der Waals surface area contributed by atoms with Crippen molar-refractivity contribution < 1.29 is 9.84 Å². The number of H-pyrrole nitrogens is 1. The fourth-order valence-corrected chi connectivity index (χ4v) is 1.80. The third kappa shape index (κ3) is 2.12. The number of nitrogens with one attached hydrogen (secondary N) is 1. The van der Waals surface area contributed by atoms with Crippen molar-refractivity contribution in [1.82, 2.24) is 19.9 Å². The van der Waals surface area contributed by atoms with Crippen LogP contribution in [0.2, 0.25) is 0 Å². The van der Waals surface area contributed by atoms with Crippen LogP contribution in [-0.2, 0) is 0 Å². The maximum atomic E-state index is 10.0. The summed E-state index contributed by atoms with van der Waals surface area (Å²) in [5.41, 5.74) is 1.60. The molecular weight excluding hydrogens is 256 g/mol. The van der Waals surface area contributed by atoms with E-state index in [1.807, 2.05) is 0 Å². The molecule has 20 heavy (non-hydrogen) atoms. The van der Waals surface area contributed by atoms with E-state index in [1.54, 1.807) is 24.5 Å². The third-order valence-corrected chi connectivity index (χ3v) is 2.68. The van der Waals surface area contributed by atoms with Gasteiger partial charge >= 0.3 is 0 Å². The second-order valence-corrected chi connectivity index (χ2v) is 3.99. The lowest BCUT2D eigenvalue weighted by molar-refractivity contribution is 0.367. The molecule has 3 rings (SSSR count). The van der Waals surface area contributed by atoms with Gasteiger partial charge in [0.2, 0.25) is 0 Å². The van der Waals surface area contributed by atoms with Gasteiger partial charge in [-0.1, -0.05) is 5.92 Å². The highest BCUT2D eigenvalue weighted by molar-refractivity contribution is 5.74. The predicted molar refractivity (Wildman–Crippen MR) is 73.1 cm³/mol. The number of phenolic OH excluding ortho intramolecular Hbond substituents is 1. The first kappa shape index (κ1) is 12.0. The van der Waals surface area contributed by atoms with Gasteiger partial charge in [0.15, 0.2) is 11.3 Å². The zero-order valence-corrected chi connectivity index (χ0v) is 10.4. The maximum absolute atomic E-state index is 10.0. The molecule has 0 saturated carbocycles. The van der Waals surface area contributed by atoms with Gasteiger partial charge in [-0.25, -0.2) is 15.0 Å². The number of aromatic nitrogens is 4. The average Bonchev–Trinajstić information content (AvgIpc) is 2.88. The normalized spacial score (nSPS) is 10.3. The first-order valence-corrected chi connectivity index (χ1v) is 5.84. The Kier molecular flexibility index (Phi) is 2.94. The number of aromatic hydroxyl groups is 1. The average molecular weight is 266 g/mol. The van der Waals surface area contributed by atoms with Crippen LogP contribution < -0.4 is 4.74 Å². The van der Waals surface area contributed by atoms with Crippen LogP contribution in [0.3, 0.4) is 0 Å². The standard InChI is InChI=1S/C14H10N4O2/c1-2-7-20-9-3-4-10(11(19)8-9)12-17-13-14(18-12)16-6-5-15-13/h1,3-6,8,19H,7H2,(H,15,16,17,18). The lowest BCUT2D eigenvalue weighted by atomic mass is 10.2. The van der Waals surface area contributed by atoms with Gasteiger partial charge in [0.05, 0.1) is 5.56 Å². The van der Waals surface area contributed by atoms with E-state index in [2.05, 4.69) is 25.9 Å². The number of phenols is 1. The highest BCUT2D eigenvalue weighted by Crippen LogP contribution is 2.31. The molecule has 98 valence electrons. The smallest absolute Gasteiger partial charge is 0.197 e. The van der Waals surface area contributed by atoms with E-state index in [9.17, 15) is 5.11 Å². The van der Waals surface area contributed by atoms with Gasteiger partial charge in [0.1, 0.15) is 23.9 Å². The molecule has 0 aliphatic heterocycles. The molecular formula is C14H10N4O2. The highest BCUT2D eigenvalue weighted by atomic mass is 16.5. The summed E-state index contributed by atoms with van der Waals surface area (Å²) in [5, 5.41) is 10.0. The number of fused-ring (bicyclic) bond motifs is 1. The van der Waals surface area contributed by atoms with Crippen molar-refractivity contribution in [1.29, 1.82) is 0 Å². The van der Waals surface area contributed by atoms with E-state index >= 15 is 0 Å². The zero-order valence-electron chi connectivity index (χ0n) is 10.4. The Balaban J connectivity index is 1.99. The van der Waals surface area contributed by atoms with Gasteiger partial charge in [-0.05, 0) is 12.1 Å². The molecule has 2 N–H and O–H groups in total. The van der Waals surface area contributed by atoms with Crippen LogP contribution in [0.1, 0.15) is 0 Å². The van der Waals surface area contributed by atoms with E-state index in [1.165, 1.54) is 6.07 Å². The molecule has 6 heteroatoms. The summed E-state index contributed by atoms with van der Waals surface area (Å²) in [5.74, 6) is 3.39. The van der Waals surface area contributed by atoms with Crippen molar-refractivity contribution >= 4 is 11.3 Å². The largest absolute Gasteiger partial charge is 0.507 e. The van der Waals surface area contributed by atoms with Gasteiger partial charge in [-0.15, -0.1) is 6.42 Å². The van der Waals surface area contributed by atoms with E-state index in [4.69, 9.17) is 11.2 Å². The number of imidazole rings is 1. The van der Waals surface area contributed by atoms with Crippen molar-refractivity contribution in [2.24, 2.45) is 0 Å². The molecule has 0 fully saturated rings. The molecule has 2 heterocycles. The minimum absolute atomic E-state index is 0.0403. The quantitative estimate of drug-likeness (QED) is 0.705. The Morgan fingerprint density at radius 3 is 2.90 bits per heavy atom. The summed E-state index contributed by atoms with van der Waals surface area (Å²) in [6.07, 6.45) is 8.24. The Morgan fingerprint density at radius 2 is 2.15 bits per heavy atom. The van der Waals surface area contributed by atoms with Gasteiger partial charge in [0, 0.05) is 18.5 Å². The Bertz CT molecular complexity index is 771. The first-order valence-electron chi connectivity index (χ1n) is 5.84. The summed E-state index contributed by atoms with van der Waals surface area (Å²) < 4.78 is 5.23. The van der Waals surface area contributed by atoms with Crippen LogP contribution in [0.4, 0.5) is 0 Å². The lowest BCUT2D eigenvalue weighted by Gasteiger charge is -2.05. The SMILES string of the molecule is C#CCOc1ccc(-c2nc3nccnc3[nH]2)c(O)c1. The number of aromatic amines is 1. The molecule has 0 spiro atoms. The highest BCUT2D eigenvalue weighted by Gasteiger charge is 2.11. The summed E-state index contributed by atoms with van der Waals surface area (Å²) in [6.45, 7) is 0.150. The minimum atomic E-state index is 0.0403. The third-order valence-electron chi connectivity index (χ3n) is 2.68. The van der Waals surface area contributed by atoms with Crippen LogP contribution in [0, 0.1) is 12.3 Å². The van der Waals surface area contributed by atoms with Crippen molar-refractivity contribution in [3.05, 3.63) is 30.6 Å². The van der Waals surface area contributed by atoms with Crippen molar-refractivity contribution in [3.63, 3.8) is 0 Å². The Morgan fingerprint density at radius 1 is 1.30 bits per heavy atom. The molecule has 0 atom stereocenters. The summed E-state index contributed by atoms with van der Waals surface area (Å²) in [4.78, 5) is 15.5. The van der Waals surface area contributed by atoms with Crippen LogP contribution in [0.15, 0.2) is 30.6 Å². The molecule has 3 aromatic rings. The Hall–Kier alpha value is -3.07. The molecule has 0 saturated heterocycles. The number of benzene rings is 1. The van der Waals surface area contributed by atoms with Crippen molar-refractivity contribution in [2.45, 2.75) is 0 Å². The van der Waals surface area contributed by atoms with Crippen LogP contribution >= 0.6 is 0 Å². The number of terminal acetylenes is 1. The second kappa shape index (κ2) is 4.90. The van der Waals surface area contributed by atoms with Gasteiger partial charge in [0.25, 0.3) is 0 Å².